The standard InChI is InChI=1S/C10H19NO3S/c1-3-4-5-6-15-7-9(10(13)14)11-8(2)12/h9H,3-7H2,1-2H3,(H,11,12)(H,13,14). The number of carbonyl (C=O) groups is 2. The van der Waals surface area contributed by atoms with E-state index in [2.05, 4.69) is 12.2 Å². The van der Waals surface area contributed by atoms with Gasteiger partial charge in [-0.05, 0) is 12.2 Å². The fourth-order valence-electron chi connectivity index (χ4n) is 1.08. The molecule has 1 atom stereocenters. The van der Waals surface area contributed by atoms with E-state index in [0.29, 0.717) is 5.75 Å². The van der Waals surface area contributed by atoms with Crippen LogP contribution in [0.3, 0.4) is 0 Å². The Balaban J connectivity index is 3.67. The number of aliphatic carboxylic acids is 1. The first kappa shape index (κ1) is 14.3. The zero-order valence-electron chi connectivity index (χ0n) is 9.28. The van der Waals surface area contributed by atoms with Crippen molar-refractivity contribution in [3.05, 3.63) is 0 Å². The average molecular weight is 233 g/mol. The number of thioether (sulfide) groups is 1. The molecule has 0 saturated carbocycles. The van der Waals surface area contributed by atoms with E-state index in [1.54, 1.807) is 11.8 Å². The lowest BCUT2D eigenvalue weighted by atomic mass is 10.3. The first-order valence-electron chi connectivity index (χ1n) is 5.15. The van der Waals surface area contributed by atoms with Gasteiger partial charge in [-0.3, -0.25) is 4.79 Å². The van der Waals surface area contributed by atoms with Crippen LogP contribution in [0.25, 0.3) is 0 Å². The van der Waals surface area contributed by atoms with Crippen molar-refractivity contribution in [1.29, 1.82) is 0 Å². The molecular formula is C10H19NO3S. The average Bonchev–Trinajstić information content (AvgIpc) is 2.15. The van der Waals surface area contributed by atoms with Gasteiger partial charge in [-0.15, -0.1) is 0 Å². The van der Waals surface area contributed by atoms with Gasteiger partial charge >= 0.3 is 5.97 Å². The molecule has 0 aromatic carbocycles. The molecule has 88 valence electrons. The minimum atomic E-state index is -0.965. The molecule has 0 aliphatic carbocycles. The van der Waals surface area contributed by atoms with Crippen LogP contribution in [-0.2, 0) is 9.59 Å². The van der Waals surface area contributed by atoms with Gasteiger partial charge in [0.15, 0.2) is 0 Å². The molecule has 0 aromatic rings. The van der Waals surface area contributed by atoms with Crippen molar-refractivity contribution in [2.75, 3.05) is 11.5 Å². The summed E-state index contributed by atoms with van der Waals surface area (Å²) in [6.07, 6.45) is 3.44. The van der Waals surface area contributed by atoms with E-state index < -0.39 is 12.0 Å². The third-order valence-electron chi connectivity index (χ3n) is 1.85. The number of carboxylic acids is 1. The van der Waals surface area contributed by atoms with Gasteiger partial charge in [-0.2, -0.15) is 11.8 Å². The first-order valence-corrected chi connectivity index (χ1v) is 6.31. The Morgan fingerprint density at radius 3 is 2.53 bits per heavy atom. The van der Waals surface area contributed by atoms with Gasteiger partial charge in [-0.25, -0.2) is 4.79 Å². The van der Waals surface area contributed by atoms with E-state index in [9.17, 15) is 9.59 Å². The Kier molecular flexibility index (Phi) is 8.18. The van der Waals surface area contributed by atoms with Crippen molar-refractivity contribution in [3.8, 4) is 0 Å². The SMILES string of the molecule is CCCCCSCC(NC(C)=O)C(=O)O. The molecule has 0 radical (unpaired) electrons. The molecule has 5 heteroatoms. The largest absolute Gasteiger partial charge is 0.480 e. The summed E-state index contributed by atoms with van der Waals surface area (Å²) in [5.74, 6) is 0.139. The van der Waals surface area contributed by atoms with Crippen LogP contribution in [0, 0.1) is 0 Å². The predicted molar refractivity (Wildman–Crippen MR) is 62.1 cm³/mol. The second-order valence-corrected chi connectivity index (χ2v) is 4.52. The van der Waals surface area contributed by atoms with Crippen LogP contribution < -0.4 is 5.32 Å². The van der Waals surface area contributed by atoms with Crippen LogP contribution in [0.15, 0.2) is 0 Å². The first-order chi connectivity index (χ1) is 7.07. The molecule has 0 spiro atoms. The Labute approximate surface area is 94.8 Å². The Bertz CT molecular complexity index is 209. The Morgan fingerprint density at radius 1 is 1.40 bits per heavy atom. The van der Waals surface area contributed by atoms with E-state index >= 15 is 0 Å². The number of unbranched alkanes of at least 4 members (excludes halogenated alkanes) is 2. The molecule has 1 unspecified atom stereocenters. The van der Waals surface area contributed by atoms with Crippen LogP contribution in [0.1, 0.15) is 33.1 Å². The number of rotatable bonds is 8. The fourth-order valence-corrected chi connectivity index (χ4v) is 2.11. The highest BCUT2D eigenvalue weighted by molar-refractivity contribution is 7.99. The quantitative estimate of drug-likeness (QED) is 0.623. The number of carbonyl (C=O) groups excluding carboxylic acids is 1. The smallest absolute Gasteiger partial charge is 0.327 e. The van der Waals surface area contributed by atoms with Gasteiger partial charge in [0.1, 0.15) is 6.04 Å². The summed E-state index contributed by atoms with van der Waals surface area (Å²) in [6.45, 7) is 3.46. The van der Waals surface area contributed by atoms with Crippen molar-refractivity contribution in [3.63, 3.8) is 0 Å². The minimum Gasteiger partial charge on any atom is -0.480 e. The molecule has 4 nitrogen and oxygen atoms in total. The summed E-state index contributed by atoms with van der Waals surface area (Å²) in [5.41, 5.74) is 0. The van der Waals surface area contributed by atoms with Crippen molar-refractivity contribution >= 4 is 23.6 Å². The molecule has 2 N–H and O–H groups in total. The summed E-state index contributed by atoms with van der Waals surface area (Å²) in [7, 11) is 0. The number of hydrogen-bond acceptors (Lipinski definition) is 3. The number of nitrogens with one attached hydrogen (secondary N) is 1. The predicted octanol–water partition coefficient (Wildman–Crippen LogP) is 1.50. The highest BCUT2D eigenvalue weighted by atomic mass is 32.2. The van der Waals surface area contributed by atoms with E-state index in [1.807, 2.05) is 0 Å². The topological polar surface area (TPSA) is 66.4 Å². The van der Waals surface area contributed by atoms with Gasteiger partial charge < -0.3 is 10.4 Å². The van der Waals surface area contributed by atoms with Gasteiger partial charge in [0, 0.05) is 12.7 Å². The van der Waals surface area contributed by atoms with Crippen molar-refractivity contribution in [2.45, 2.75) is 39.2 Å². The molecule has 0 aromatic heterocycles. The van der Waals surface area contributed by atoms with Crippen LogP contribution >= 0.6 is 11.8 Å². The lowest BCUT2D eigenvalue weighted by molar-refractivity contribution is -0.140. The second kappa shape index (κ2) is 8.59. The van der Waals surface area contributed by atoms with Crippen molar-refractivity contribution < 1.29 is 14.7 Å². The number of amides is 1. The van der Waals surface area contributed by atoms with E-state index in [4.69, 9.17) is 5.11 Å². The highest BCUT2D eigenvalue weighted by Crippen LogP contribution is 2.08. The zero-order chi connectivity index (χ0) is 11.7. The van der Waals surface area contributed by atoms with Gasteiger partial charge in [0.05, 0.1) is 0 Å². The molecule has 0 aliphatic heterocycles. The maximum Gasteiger partial charge on any atom is 0.327 e. The second-order valence-electron chi connectivity index (χ2n) is 3.37. The summed E-state index contributed by atoms with van der Waals surface area (Å²) in [4.78, 5) is 21.4. The maximum absolute atomic E-state index is 10.7. The third-order valence-corrected chi connectivity index (χ3v) is 3.00. The van der Waals surface area contributed by atoms with Gasteiger partial charge in [0.2, 0.25) is 5.91 Å². The Morgan fingerprint density at radius 2 is 2.07 bits per heavy atom. The lowest BCUT2D eigenvalue weighted by Crippen LogP contribution is -2.41. The molecule has 0 fully saturated rings. The van der Waals surface area contributed by atoms with E-state index in [1.165, 1.54) is 13.3 Å². The maximum atomic E-state index is 10.7. The molecule has 0 rings (SSSR count). The molecule has 0 bridgehead atoms. The van der Waals surface area contributed by atoms with Gasteiger partial charge in [0.25, 0.3) is 0 Å². The van der Waals surface area contributed by atoms with Crippen LogP contribution in [0.2, 0.25) is 0 Å². The number of carboxylic acid groups (broad SMARTS) is 1. The summed E-state index contributed by atoms with van der Waals surface area (Å²) in [5, 5.41) is 11.2. The van der Waals surface area contributed by atoms with E-state index in [-0.39, 0.29) is 5.91 Å². The molecular weight excluding hydrogens is 214 g/mol. The third kappa shape index (κ3) is 8.30. The van der Waals surface area contributed by atoms with E-state index in [0.717, 1.165) is 18.6 Å². The van der Waals surface area contributed by atoms with Crippen LogP contribution in [-0.4, -0.2) is 34.5 Å². The van der Waals surface area contributed by atoms with Crippen molar-refractivity contribution in [1.82, 2.24) is 5.32 Å². The summed E-state index contributed by atoms with van der Waals surface area (Å²) < 4.78 is 0. The summed E-state index contributed by atoms with van der Waals surface area (Å²) >= 11 is 1.58. The van der Waals surface area contributed by atoms with Crippen LogP contribution in [0.5, 0.6) is 0 Å². The molecule has 0 heterocycles. The highest BCUT2D eigenvalue weighted by Gasteiger charge is 2.17. The minimum absolute atomic E-state index is 0.295. The fraction of sp³-hybridized carbons (Fsp3) is 0.800. The lowest BCUT2D eigenvalue weighted by Gasteiger charge is -2.12. The van der Waals surface area contributed by atoms with Gasteiger partial charge in [-0.1, -0.05) is 19.8 Å². The monoisotopic (exact) mass is 233 g/mol. The zero-order valence-corrected chi connectivity index (χ0v) is 10.1. The Hall–Kier alpha value is -0.710. The molecule has 0 aliphatic rings. The molecule has 1 amide bonds. The molecule has 0 saturated heterocycles. The normalized spacial score (nSPS) is 12.1. The number of hydrogen-bond donors (Lipinski definition) is 2. The van der Waals surface area contributed by atoms with Crippen molar-refractivity contribution in [2.24, 2.45) is 0 Å². The molecule has 15 heavy (non-hydrogen) atoms. The van der Waals surface area contributed by atoms with Crippen LogP contribution in [0.4, 0.5) is 0 Å². The summed E-state index contributed by atoms with van der Waals surface area (Å²) in [6, 6.07) is -0.755.